The molecule has 0 fully saturated rings. The number of benzene rings is 2. The largest absolute Gasteiger partial charge is 0.365 e. The summed E-state index contributed by atoms with van der Waals surface area (Å²) in [5.41, 5.74) is 6.65. The van der Waals surface area contributed by atoms with Gasteiger partial charge in [-0.25, -0.2) is 8.42 Å². The van der Waals surface area contributed by atoms with Crippen LogP contribution in [-0.4, -0.2) is 32.4 Å². The summed E-state index contributed by atoms with van der Waals surface area (Å²) in [5, 5.41) is 5.47. The molecule has 0 saturated heterocycles. The maximum Gasteiger partial charge on any atom is 0.266 e. The Hall–Kier alpha value is -3.50. The highest BCUT2D eigenvalue weighted by Crippen LogP contribution is 2.33. The number of hydrogen-bond acceptors (Lipinski definition) is 6. The van der Waals surface area contributed by atoms with E-state index in [0.717, 1.165) is 17.6 Å². The third kappa shape index (κ3) is 4.98. The van der Waals surface area contributed by atoms with Crippen molar-refractivity contribution in [3.05, 3.63) is 76.2 Å². The van der Waals surface area contributed by atoms with Gasteiger partial charge >= 0.3 is 0 Å². The van der Waals surface area contributed by atoms with Crippen molar-refractivity contribution in [3.8, 4) is 0 Å². The summed E-state index contributed by atoms with van der Waals surface area (Å²) in [6.07, 6.45) is 1.07. The fourth-order valence-corrected chi connectivity index (χ4v) is 4.59. The van der Waals surface area contributed by atoms with Gasteiger partial charge in [-0.05, 0) is 48.9 Å². The molecule has 31 heavy (non-hydrogen) atoms. The minimum atomic E-state index is -3.40. The van der Waals surface area contributed by atoms with E-state index in [4.69, 9.17) is 5.73 Å². The van der Waals surface area contributed by atoms with Crippen LogP contribution in [-0.2, 0) is 9.84 Å². The van der Waals surface area contributed by atoms with Gasteiger partial charge in [-0.3, -0.25) is 14.4 Å². The van der Waals surface area contributed by atoms with Crippen molar-refractivity contribution in [2.24, 2.45) is 5.73 Å². The van der Waals surface area contributed by atoms with Gasteiger partial charge in [-0.1, -0.05) is 18.2 Å². The van der Waals surface area contributed by atoms with Crippen molar-refractivity contribution in [1.29, 1.82) is 0 Å². The zero-order chi connectivity index (χ0) is 22.8. The number of sulfone groups is 1. The monoisotopic (exact) mass is 457 g/mol. The summed E-state index contributed by atoms with van der Waals surface area (Å²) in [4.78, 5) is 37.6. The van der Waals surface area contributed by atoms with Crippen LogP contribution >= 0.6 is 11.3 Å². The molecule has 0 unspecified atom stereocenters. The number of thiophene rings is 1. The van der Waals surface area contributed by atoms with Crippen molar-refractivity contribution in [2.45, 2.75) is 11.8 Å². The van der Waals surface area contributed by atoms with Crippen LogP contribution in [0.5, 0.6) is 0 Å². The van der Waals surface area contributed by atoms with Crippen LogP contribution in [0.15, 0.2) is 59.5 Å². The maximum atomic E-state index is 12.7. The number of nitrogens with two attached hydrogens (primary N) is 1. The molecule has 0 atom stereocenters. The number of carbonyl (C=O) groups is 3. The van der Waals surface area contributed by atoms with Gasteiger partial charge in [0.15, 0.2) is 9.84 Å². The second kappa shape index (κ2) is 8.70. The molecule has 2 aromatic carbocycles. The maximum absolute atomic E-state index is 12.7. The molecular formula is C21H19N3O5S2. The predicted molar refractivity (Wildman–Crippen MR) is 119 cm³/mol. The summed E-state index contributed by atoms with van der Waals surface area (Å²) in [5.74, 6) is -1.79. The molecule has 1 aromatic heterocycles. The average molecular weight is 458 g/mol. The minimum absolute atomic E-state index is 0.0457. The summed E-state index contributed by atoms with van der Waals surface area (Å²) in [6, 6.07) is 14.1. The first-order chi connectivity index (χ1) is 14.6. The van der Waals surface area contributed by atoms with Crippen molar-refractivity contribution in [3.63, 3.8) is 0 Å². The standard InChI is InChI=1S/C21H19N3O5S2/c1-12-16(18(22)25)21(30-17(12)20(27)23-14-6-4-3-5-7-14)24-19(26)13-8-10-15(11-9-13)31(2,28)29/h3-11H,1-2H3,(H2,22,25)(H,23,27)(H,24,26). The topological polar surface area (TPSA) is 135 Å². The van der Waals surface area contributed by atoms with Crippen LogP contribution in [0.3, 0.4) is 0 Å². The van der Waals surface area contributed by atoms with Crippen LogP contribution in [0, 0.1) is 6.92 Å². The molecule has 4 N–H and O–H groups in total. The Morgan fingerprint density at radius 1 is 0.903 bits per heavy atom. The lowest BCUT2D eigenvalue weighted by molar-refractivity contribution is 0.100. The van der Waals surface area contributed by atoms with E-state index >= 15 is 0 Å². The molecule has 160 valence electrons. The lowest BCUT2D eigenvalue weighted by atomic mass is 10.1. The summed E-state index contributed by atoms with van der Waals surface area (Å²) in [7, 11) is -3.40. The number of nitrogens with one attached hydrogen (secondary N) is 2. The summed E-state index contributed by atoms with van der Waals surface area (Å²) >= 11 is 0.932. The van der Waals surface area contributed by atoms with E-state index in [0.29, 0.717) is 11.3 Å². The van der Waals surface area contributed by atoms with E-state index < -0.39 is 27.6 Å². The number of anilines is 2. The zero-order valence-electron chi connectivity index (χ0n) is 16.6. The number of amides is 3. The van der Waals surface area contributed by atoms with E-state index in [9.17, 15) is 22.8 Å². The second-order valence-corrected chi connectivity index (χ2v) is 9.73. The zero-order valence-corrected chi connectivity index (χ0v) is 18.3. The number of carbonyl (C=O) groups excluding carboxylic acids is 3. The fraction of sp³-hybridized carbons (Fsp3) is 0.0952. The smallest absolute Gasteiger partial charge is 0.266 e. The predicted octanol–water partition coefficient (Wildman–Crippen LogP) is 3.06. The molecule has 3 aromatic rings. The summed E-state index contributed by atoms with van der Waals surface area (Å²) in [6.45, 7) is 1.58. The molecule has 0 aliphatic rings. The van der Waals surface area contributed by atoms with E-state index in [1.807, 2.05) is 6.07 Å². The first-order valence-corrected chi connectivity index (χ1v) is 11.7. The number of para-hydroxylation sites is 1. The Kier molecular flexibility index (Phi) is 6.23. The Labute approximate surface area is 183 Å². The highest BCUT2D eigenvalue weighted by Gasteiger charge is 2.25. The molecule has 3 amide bonds. The van der Waals surface area contributed by atoms with Gasteiger partial charge in [0, 0.05) is 17.5 Å². The lowest BCUT2D eigenvalue weighted by Gasteiger charge is -2.06. The third-order valence-corrected chi connectivity index (χ3v) is 6.74. The number of rotatable bonds is 6. The quantitative estimate of drug-likeness (QED) is 0.523. The molecule has 0 radical (unpaired) electrons. The van der Waals surface area contributed by atoms with Gasteiger partial charge in [0.25, 0.3) is 17.7 Å². The van der Waals surface area contributed by atoms with Crippen LogP contribution in [0.4, 0.5) is 10.7 Å². The van der Waals surface area contributed by atoms with Crippen LogP contribution in [0.2, 0.25) is 0 Å². The number of primary amides is 1. The summed E-state index contributed by atoms with van der Waals surface area (Å²) < 4.78 is 23.1. The van der Waals surface area contributed by atoms with E-state index in [1.54, 1.807) is 31.2 Å². The molecule has 0 saturated carbocycles. The minimum Gasteiger partial charge on any atom is -0.365 e. The third-order valence-electron chi connectivity index (χ3n) is 4.40. The molecule has 0 aliphatic carbocycles. The van der Waals surface area contributed by atoms with Crippen molar-refractivity contribution >= 4 is 49.6 Å². The number of hydrogen-bond donors (Lipinski definition) is 3. The fourth-order valence-electron chi connectivity index (χ4n) is 2.85. The van der Waals surface area contributed by atoms with Gasteiger partial charge in [0.2, 0.25) is 0 Å². The van der Waals surface area contributed by atoms with E-state index in [-0.39, 0.29) is 25.9 Å². The highest BCUT2D eigenvalue weighted by atomic mass is 32.2. The van der Waals surface area contributed by atoms with Crippen molar-refractivity contribution < 1.29 is 22.8 Å². The molecule has 0 aliphatic heterocycles. The van der Waals surface area contributed by atoms with Crippen molar-refractivity contribution in [2.75, 3.05) is 16.9 Å². The molecule has 3 rings (SSSR count). The molecule has 0 bridgehead atoms. The second-order valence-electron chi connectivity index (χ2n) is 6.70. The Morgan fingerprint density at radius 2 is 1.52 bits per heavy atom. The molecular weight excluding hydrogens is 438 g/mol. The van der Waals surface area contributed by atoms with Gasteiger partial charge in [-0.2, -0.15) is 0 Å². The van der Waals surface area contributed by atoms with E-state index in [2.05, 4.69) is 10.6 Å². The lowest BCUT2D eigenvalue weighted by Crippen LogP contribution is -2.18. The Morgan fingerprint density at radius 3 is 2.06 bits per heavy atom. The average Bonchev–Trinajstić information content (AvgIpc) is 3.04. The van der Waals surface area contributed by atoms with Crippen LogP contribution in [0.25, 0.3) is 0 Å². The van der Waals surface area contributed by atoms with Gasteiger partial charge < -0.3 is 16.4 Å². The normalized spacial score (nSPS) is 11.0. The van der Waals surface area contributed by atoms with Crippen LogP contribution in [0.1, 0.15) is 36.0 Å². The first-order valence-electron chi connectivity index (χ1n) is 8.99. The SMILES string of the molecule is Cc1c(C(=O)Nc2ccccc2)sc(NC(=O)c2ccc(S(C)(=O)=O)cc2)c1C(N)=O. The van der Waals surface area contributed by atoms with Gasteiger partial charge in [0.05, 0.1) is 15.3 Å². The Bertz CT molecular complexity index is 1260. The molecule has 10 heteroatoms. The molecule has 1 heterocycles. The van der Waals surface area contributed by atoms with E-state index in [1.165, 1.54) is 24.3 Å². The van der Waals surface area contributed by atoms with Crippen LogP contribution < -0.4 is 16.4 Å². The Balaban J connectivity index is 1.88. The van der Waals surface area contributed by atoms with Gasteiger partial charge in [0.1, 0.15) is 5.00 Å². The molecule has 0 spiro atoms. The van der Waals surface area contributed by atoms with Gasteiger partial charge in [-0.15, -0.1) is 11.3 Å². The highest BCUT2D eigenvalue weighted by molar-refractivity contribution is 7.90. The van der Waals surface area contributed by atoms with Crippen molar-refractivity contribution in [1.82, 2.24) is 0 Å². The molecule has 8 nitrogen and oxygen atoms in total. The first kappa shape index (κ1) is 22.2.